The molecular formula is C19H24N3OS+. The van der Waals surface area contributed by atoms with Gasteiger partial charge in [-0.15, -0.1) is 11.3 Å². The average Bonchev–Trinajstić information content (AvgIpc) is 3.25. The van der Waals surface area contributed by atoms with Crippen LogP contribution in [0.3, 0.4) is 0 Å². The van der Waals surface area contributed by atoms with Gasteiger partial charge in [0, 0.05) is 28.5 Å². The number of amides is 1. The van der Waals surface area contributed by atoms with E-state index in [-0.39, 0.29) is 17.9 Å². The molecule has 3 rings (SSSR count). The van der Waals surface area contributed by atoms with Crippen molar-refractivity contribution in [2.45, 2.75) is 25.8 Å². The van der Waals surface area contributed by atoms with E-state index in [2.05, 4.69) is 57.5 Å². The molecule has 0 saturated carbocycles. The Bertz CT molecular complexity index is 794. The van der Waals surface area contributed by atoms with Crippen molar-refractivity contribution in [1.82, 2.24) is 10.3 Å². The summed E-state index contributed by atoms with van der Waals surface area (Å²) in [6.45, 7) is 5.44. The Morgan fingerprint density at radius 1 is 1.29 bits per heavy atom. The first-order valence-electron chi connectivity index (χ1n) is 8.41. The number of quaternary nitrogens is 1. The number of aromatic nitrogens is 1. The summed E-state index contributed by atoms with van der Waals surface area (Å²) < 4.78 is 0. The van der Waals surface area contributed by atoms with Crippen molar-refractivity contribution in [2.24, 2.45) is 0 Å². The quantitative estimate of drug-likeness (QED) is 0.607. The minimum atomic E-state index is -0.0855. The highest BCUT2D eigenvalue weighted by atomic mass is 32.1. The van der Waals surface area contributed by atoms with E-state index in [1.807, 2.05) is 19.9 Å². The summed E-state index contributed by atoms with van der Waals surface area (Å²) in [7, 11) is 0. The highest BCUT2D eigenvalue weighted by Crippen LogP contribution is 2.32. The molecule has 24 heavy (non-hydrogen) atoms. The van der Waals surface area contributed by atoms with Crippen LogP contribution in [0.2, 0.25) is 0 Å². The predicted octanol–water partition coefficient (Wildman–Crippen LogP) is 2.45. The Morgan fingerprint density at radius 2 is 2.12 bits per heavy atom. The fraction of sp³-hybridized carbons (Fsp3) is 0.316. The summed E-state index contributed by atoms with van der Waals surface area (Å²) in [6, 6.07) is 12.6. The zero-order valence-corrected chi connectivity index (χ0v) is 14.9. The SMILES string of the molecule is CCNC(=O)[C@H](C)[NH2+]C[C@H](c1cccs1)c1c[nH]c2ccccc12. The van der Waals surface area contributed by atoms with Gasteiger partial charge in [0.2, 0.25) is 0 Å². The van der Waals surface area contributed by atoms with Crippen LogP contribution in [-0.4, -0.2) is 30.0 Å². The minimum absolute atomic E-state index is 0.0855. The Morgan fingerprint density at radius 3 is 2.88 bits per heavy atom. The van der Waals surface area contributed by atoms with Gasteiger partial charge in [-0.3, -0.25) is 4.79 Å². The first-order chi connectivity index (χ1) is 11.7. The largest absolute Gasteiger partial charge is 0.361 e. The normalized spacial score (nSPS) is 13.8. The summed E-state index contributed by atoms with van der Waals surface area (Å²) in [5, 5.41) is 8.41. The maximum absolute atomic E-state index is 12.0. The van der Waals surface area contributed by atoms with Gasteiger partial charge < -0.3 is 15.6 Å². The van der Waals surface area contributed by atoms with Crippen molar-refractivity contribution in [2.75, 3.05) is 13.1 Å². The number of nitrogens with one attached hydrogen (secondary N) is 2. The fourth-order valence-corrected chi connectivity index (χ4v) is 3.91. The molecule has 0 spiro atoms. The molecule has 0 radical (unpaired) electrons. The van der Waals surface area contributed by atoms with Gasteiger partial charge in [-0.2, -0.15) is 0 Å². The Hall–Kier alpha value is -2.11. The standard InChI is InChI=1S/C19H23N3OS/c1-3-20-19(23)13(2)21-12-16(18-9-6-10-24-18)15-11-22-17-8-5-4-7-14(15)17/h4-11,13,16,21-22H,3,12H2,1-2H3,(H,20,23)/p+1/t13-,16-/m0/s1. The number of likely N-dealkylation sites (N-methyl/N-ethyl adjacent to an activating group) is 1. The number of benzene rings is 1. The van der Waals surface area contributed by atoms with E-state index in [0.29, 0.717) is 6.54 Å². The Kier molecular flexibility index (Phi) is 5.33. The predicted molar refractivity (Wildman–Crippen MR) is 99.4 cm³/mol. The lowest BCUT2D eigenvalue weighted by molar-refractivity contribution is -0.674. The lowest BCUT2D eigenvalue weighted by atomic mass is 9.96. The van der Waals surface area contributed by atoms with Gasteiger partial charge in [-0.25, -0.2) is 0 Å². The highest BCUT2D eigenvalue weighted by Gasteiger charge is 2.23. The van der Waals surface area contributed by atoms with Crippen LogP contribution >= 0.6 is 11.3 Å². The highest BCUT2D eigenvalue weighted by molar-refractivity contribution is 7.10. The molecule has 0 bridgehead atoms. The van der Waals surface area contributed by atoms with E-state index in [9.17, 15) is 4.79 Å². The number of nitrogens with two attached hydrogens (primary N) is 1. The smallest absolute Gasteiger partial charge is 0.277 e. The van der Waals surface area contributed by atoms with Gasteiger partial charge in [0.15, 0.2) is 6.04 Å². The molecule has 0 saturated heterocycles. The maximum Gasteiger partial charge on any atom is 0.277 e. The van der Waals surface area contributed by atoms with Crippen molar-refractivity contribution in [3.05, 3.63) is 58.4 Å². The van der Waals surface area contributed by atoms with Gasteiger partial charge in [0.1, 0.15) is 0 Å². The first kappa shape index (κ1) is 16.7. The van der Waals surface area contributed by atoms with Gasteiger partial charge >= 0.3 is 0 Å². The third-order valence-corrected chi connectivity index (χ3v) is 5.36. The number of hydrogen-bond acceptors (Lipinski definition) is 2. The van der Waals surface area contributed by atoms with E-state index in [1.54, 1.807) is 11.3 Å². The second-order valence-corrected chi connectivity index (χ2v) is 6.99. The summed E-state index contributed by atoms with van der Waals surface area (Å²) in [5.41, 5.74) is 2.46. The summed E-state index contributed by atoms with van der Waals surface area (Å²) in [6.07, 6.45) is 2.11. The van der Waals surface area contributed by atoms with Crippen molar-refractivity contribution >= 4 is 28.1 Å². The molecule has 4 N–H and O–H groups in total. The monoisotopic (exact) mass is 342 g/mol. The topological polar surface area (TPSA) is 61.5 Å². The number of hydrogen-bond donors (Lipinski definition) is 3. The number of rotatable bonds is 7. The van der Waals surface area contributed by atoms with Crippen LogP contribution in [0.5, 0.6) is 0 Å². The fourth-order valence-electron chi connectivity index (χ4n) is 3.05. The number of fused-ring (bicyclic) bond motifs is 1. The molecule has 2 aromatic heterocycles. The molecule has 3 aromatic rings. The van der Waals surface area contributed by atoms with E-state index in [0.717, 1.165) is 12.1 Å². The second kappa shape index (κ2) is 7.64. The lowest BCUT2D eigenvalue weighted by Crippen LogP contribution is -2.92. The summed E-state index contributed by atoms with van der Waals surface area (Å²) in [5.74, 6) is 0.374. The minimum Gasteiger partial charge on any atom is -0.361 e. The van der Waals surface area contributed by atoms with E-state index in [1.165, 1.54) is 15.8 Å². The van der Waals surface area contributed by atoms with Crippen LogP contribution in [0.25, 0.3) is 10.9 Å². The Balaban J connectivity index is 1.84. The van der Waals surface area contributed by atoms with E-state index >= 15 is 0 Å². The molecule has 1 amide bonds. The van der Waals surface area contributed by atoms with Gasteiger partial charge in [-0.05, 0) is 36.9 Å². The third-order valence-electron chi connectivity index (χ3n) is 4.37. The molecule has 4 nitrogen and oxygen atoms in total. The van der Waals surface area contributed by atoms with Crippen LogP contribution in [0.4, 0.5) is 0 Å². The van der Waals surface area contributed by atoms with Crippen LogP contribution < -0.4 is 10.6 Å². The van der Waals surface area contributed by atoms with Crippen molar-refractivity contribution in [3.63, 3.8) is 0 Å². The summed E-state index contributed by atoms with van der Waals surface area (Å²) >= 11 is 1.77. The molecule has 5 heteroatoms. The number of thiophene rings is 1. The third kappa shape index (κ3) is 3.52. The molecule has 0 fully saturated rings. The lowest BCUT2D eigenvalue weighted by Gasteiger charge is -2.17. The van der Waals surface area contributed by atoms with Crippen LogP contribution in [0, 0.1) is 0 Å². The number of H-pyrrole nitrogens is 1. The molecule has 0 aliphatic carbocycles. The average molecular weight is 342 g/mol. The van der Waals surface area contributed by atoms with E-state index < -0.39 is 0 Å². The van der Waals surface area contributed by atoms with Crippen molar-refractivity contribution in [3.8, 4) is 0 Å². The van der Waals surface area contributed by atoms with E-state index in [4.69, 9.17) is 0 Å². The zero-order chi connectivity index (χ0) is 16.9. The molecular weight excluding hydrogens is 318 g/mol. The first-order valence-corrected chi connectivity index (χ1v) is 9.29. The van der Waals surface area contributed by atoms with Gasteiger partial charge in [0.25, 0.3) is 5.91 Å². The zero-order valence-electron chi connectivity index (χ0n) is 14.1. The van der Waals surface area contributed by atoms with Crippen molar-refractivity contribution < 1.29 is 10.1 Å². The van der Waals surface area contributed by atoms with Gasteiger partial charge in [-0.1, -0.05) is 24.3 Å². The van der Waals surface area contributed by atoms with Crippen LogP contribution in [0.15, 0.2) is 48.0 Å². The Labute approximate surface area is 146 Å². The van der Waals surface area contributed by atoms with Crippen molar-refractivity contribution in [1.29, 1.82) is 0 Å². The number of aromatic amines is 1. The number of carbonyl (C=O) groups is 1. The molecule has 1 aromatic carbocycles. The van der Waals surface area contributed by atoms with Crippen LogP contribution in [0.1, 0.15) is 30.2 Å². The second-order valence-electron chi connectivity index (χ2n) is 6.01. The number of para-hydroxylation sites is 1. The number of carbonyl (C=O) groups excluding carboxylic acids is 1. The molecule has 0 unspecified atom stereocenters. The maximum atomic E-state index is 12.0. The molecule has 0 aliphatic rings. The molecule has 0 aliphatic heterocycles. The molecule has 126 valence electrons. The van der Waals surface area contributed by atoms with Gasteiger partial charge in [0.05, 0.1) is 12.5 Å². The summed E-state index contributed by atoms with van der Waals surface area (Å²) in [4.78, 5) is 16.7. The molecule has 2 heterocycles. The molecule has 2 atom stereocenters. The van der Waals surface area contributed by atoms with Crippen LogP contribution in [-0.2, 0) is 4.79 Å².